The van der Waals surface area contributed by atoms with Crippen molar-refractivity contribution in [1.82, 2.24) is 0 Å². The van der Waals surface area contributed by atoms with Gasteiger partial charge in [-0.2, -0.15) is 0 Å². The van der Waals surface area contributed by atoms with Gasteiger partial charge in [0, 0.05) is 0 Å². The lowest BCUT2D eigenvalue weighted by molar-refractivity contribution is 0.0681. The molecular formula is C14H21O. The Balaban J connectivity index is 2.08. The monoisotopic (exact) mass is 205 g/mol. The number of hydrogen-bond donors (Lipinski definition) is 1. The minimum Gasteiger partial charge on any atom is -0.390 e. The zero-order valence-electron chi connectivity index (χ0n) is 9.79. The van der Waals surface area contributed by atoms with E-state index in [9.17, 15) is 5.11 Å². The van der Waals surface area contributed by atoms with Gasteiger partial charge in [0.25, 0.3) is 0 Å². The highest BCUT2D eigenvalue weighted by atomic mass is 16.3. The lowest BCUT2D eigenvalue weighted by Crippen LogP contribution is -2.17. The van der Waals surface area contributed by atoms with Crippen LogP contribution in [0.15, 0.2) is 24.3 Å². The molecule has 0 aliphatic carbocycles. The molecule has 0 aromatic heterocycles. The average molecular weight is 205 g/mol. The second-order valence-electron chi connectivity index (χ2n) is 4.76. The van der Waals surface area contributed by atoms with Crippen LogP contribution in [-0.4, -0.2) is 10.7 Å². The van der Waals surface area contributed by atoms with E-state index in [0.717, 1.165) is 19.3 Å². The summed E-state index contributed by atoms with van der Waals surface area (Å²) in [5, 5.41) is 9.53. The van der Waals surface area contributed by atoms with Gasteiger partial charge in [-0.15, -0.1) is 0 Å². The Morgan fingerprint density at radius 3 is 2.60 bits per heavy atom. The van der Waals surface area contributed by atoms with Crippen molar-refractivity contribution in [2.75, 3.05) is 0 Å². The number of unbranched alkanes of at least 4 members (excludes halogenated alkanes) is 2. The maximum absolute atomic E-state index is 9.53. The molecular weight excluding hydrogens is 184 g/mol. The molecule has 1 heteroatoms. The molecule has 0 saturated carbocycles. The summed E-state index contributed by atoms with van der Waals surface area (Å²) in [6, 6.07) is 11.4. The Morgan fingerprint density at radius 1 is 1.20 bits per heavy atom. The zero-order chi connectivity index (χ0) is 11.1. The standard InChI is InChI=1S/C14H21O/c1-14(2,15)12-8-4-7-11-13-9-5-3-6-10-13/h3,5-6,9,15H,4,7-8,11-12H2,1-2H3. The molecule has 0 unspecified atom stereocenters. The maximum Gasteiger partial charge on any atom is 0.0591 e. The number of benzene rings is 1. The molecule has 0 aliphatic heterocycles. The van der Waals surface area contributed by atoms with Crippen molar-refractivity contribution in [1.29, 1.82) is 0 Å². The van der Waals surface area contributed by atoms with E-state index >= 15 is 0 Å². The van der Waals surface area contributed by atoms with Crippen LogP contribution in [0.3, 0.4) is 0 Å². The molecule has 83 valence electrons. The van der Waals surface area contributed by atoms with Crippen molar-refractivity contribution in [2.45, 2.75) is 51.6 Å². The summed E-state index contributed by atoms with van der Waals surface area (Å²) in [6.07, 6.45) is 5.48. The molecule has 1 nitrogen and oxygen atoms in total. The maximum atomic E-state index is 9.53. The van der Waals surface area contributed by atoms with Crippen LogP contribution < -0.4 is 0 Å². The van der Waals surface area contributed by atoms with E-state index in [4.69, 9.17) is 0 Å². The second-order valence-corrected chi connectivity index (χ2v) is 4.76. The first kappa shape index (κ1) is 12.3. The third-order valence-corrected chi connectivity index (χ3v) is 2.51. The Labute approximate surface area is 93.1 Å². The van der Waals surface area contributed by atoms with Crippen LogP contribution in [-0.2, 0) is 6.42 Å². The Hall–Kier alpha value is -0.820. The lowest BCUT2D eigenvalue weighted by atomic mass is 9.99. The molecule has 0 fully saturated rings. The smallest absolute Gasteiger partial charge is 0.0591 e. The number of aryl methyl sites for hydroxylation is 1. The minimum absolute atomic E-state index is 0.501. The fourth-order valence-corrected chi connectivity index (χ4v) is 1.64. The molecule has 0 spiro atoms. The minimum atomic E-state index is -0.501. The van der Waals surface area contributed by atoms with Crippen molar-refractivity contribution < 1.29 is 5.11 Å². The largest absolute Gasteiger partial charge is 0.390 e. The van der Waals surface area contributed by atoms with Crippen molar-refractivity contribution in [3.8, 4) is 0 Å². The molecule has 1 radical (unpaired) electrons. The van der Waals surface area contributed by atoms with E-state index in [1.54, 1.807) is 0 Å². The lowest BCUT2D eigenvalue weighted by Gasteiger charge is -2.16. The van der Waals surface area contributed by atoms with E-state index in [2.05, 4.69) is 18.2 Å². The molecule has 1 rings (SSSR count). The predicted octanol–water partition coefficient (Wildman–Crippen LogP) is 3.36. The van der Waals surface area contributed by atoms with Crippen LogP contribution >= 0.6 is 0 Å². The molecule has 0 amide bonds. The van der Waals surface area contributed by atoms with Gasteiger partial charge in [-0.25, -0.2) is 0 Å². The first-order valence-corrected chi connectivity index (χ1v) is 5.76. The SMILES string of the molecule is CC(C)(O)CCCCCc1[c]cccc1. The van der Waals surface area contributed by atoms with Crippen LogP contribution in [0.4, 0.5) is 0 Å². The molecule has 0 heterocycles. The first-order chi connectivity index (χ1) is 7.08. The van der Waals surface area contributed by atoms with Gasteiger partial charge >= 0.3 is 0 Å². The van der Waals surface area contributed by atoms with Gasteiger partial charge in [-0.05, 0) is 44.7 Å². The van der Waals surface area contributed by atoms with E-state index in [-0.39, 0.29) is 0 Å². The molecule has 1 aromatic rings. The third-order valence-electron chi connectivity index (χ3n) is 2.51. The molecule has 0 saturated heterocycles. The second kappa shape index (κ2) is 5.92. The Bertz CT molecular complexity index is 258. The normalized spacial score (nSPS) is 11.7. The molecule has 15 heavy (non-hydrogen) atoms. The number of rotatable bonds is 6. The van der Waals surface area contributed by atoms with Gasteiger partial charge < -0.3 is 5.11 Å². The van der Waals surface area contributed by atoms with E-state index in [1.165, 1.54) is 18.4 Å². The zero-order valence-corrected chi connectivity index (χ0v) is 9.79. The molecule has 1 N–H and O–H groups in total. The van der Waals surface area contributed by atoms with Crippen molar-refractivity contribution in [2.24, 2.45) is 0 Å². The van der Waals surface area contributed by atoms with Crippen molar-refractivity contribution >= 4 is 0 Å². The fraction of sp³-hybridized carbons (Fsp3) is 0.571. The van der Waals surface area contributed by atoms with E-state index in [0.29, 0.717) is 0 Å². The van der Waals surface area contributed by atoms with Crippen molar-refractivity contribution in [3.05, 3.63) is 35.9 Å². The highest BCUT2D eigenvalue weighted by Crippen LogP contribution is 2.14. The molecule has 0 bridgehead atoms. The summed E-state index contributed by atoms with van der Waals surface area (Å²) in [5.41, 5.74) is 0.791. The van der Waals surface area contributed by atoms with Crippen LogP contribution in [0, 0.1) is 6.07 Å². The average Bonchev–Trinajstić information content (AvgIpc) is 2.17. The van der Waals surface area contributed by atoms with Gasteiger partial charge in [0.15, 0.2) is 0 Å². The summed E-state index contributed by atoms with van der Waals surface area (Å²) < 4.78 is 0. The van der Waals surface area contributed by atoms with Crippen LogP contribution in [0.5, 0.6) is 0 Å². The van der Waals surface area contributed by atoms with Gasteiger partial charge in [-0.3, -0.25) is 0 Å². The first-order valence-electron chi connectivity index (χ1n) is 5.76. The quantitative estimate of drug-likeness (QED) is 0.706. The summed E-state index contributed by atoms with van der Waals surface area (Å²) in [7, 11) is 0. The fourth-order valence-electron chi connectivity index (χ4n) is 1.64. The van der Waals surface area contributed by atoms with Gasteiger partial charge in [0.1, 0.15) is 0 Å². The van der Waals surface area contributed by atoms with Crippen molar-refractivity contribution in [3.63, 3.8) is 0 Å². The van der Waals surface area contributed by atoms with Crippen LogP contribution in [0.25, 0.3) is 0 Å². The topological polar surface area (TPSA) is 20.2 Å². The number of hydrogen-bond acceptors (Lipinski definition) is 1. The molecule has 0 atom stereocenters. The summed E-state index contributed by atoms with van der Waals surface area (Å²) in [6.45, 7) is 3.75. The summed E-state index contributed by atoms with van der Waals surface area (Å²) >= 11 is 0. The van der Waals surface area contributed by atoms with Gasteiger partial charge in [0.05, 0.1) is 5.60 Å². The van der Waals surface area contributed by atoms with Gasteiger partial charge in [-0.1, -0.05) is 37.1 Å². The predicted molar refractivity (Wildman–Crippen MR) is 63.7 cm³/mol. The summed E-state index contributed by atoms with van der Waals surface area (Å²) in [4.78, 5) is 0. The van der Waals surface area contributed by atoms with E-state index in [1.807, 2.05) is 26.0 Å². The third kappa shape index (κ3) is 6.29. The Morgan fingerprint density at radius 2 is 2.00 bits per heavy atom. The van der Waals surface area contributed by atoms with Crippen LogP contribution in [0.1, 0.15) is 45.1 Å². The molecule has 0 aliphatic rings. The van der Waals surface area contributed by atoms with E-state index < -0.39 is 5.60 Å². The highest BCUT2D eigenvalue weighted by Gasteiger charge is 2.10. The molecule has 1 aromatic carbocycles. The Kier molecular flexibility index (Phi) is 4.83. The highest BCUT2D eigenvalue weighted by molar-refractivity contribution is 5.12. The number of aliphatic hydroxyl groups is 1. The van der Waals surface area contributed by atoms with Crippen LogP contribution in [0.2, 0.25) is 0 Å². The van der Waals surface area contributed by atoms with Gasteiger partial charge in [0.2, 0.25) is 0 Å². The summed E-state index contributed by atoms with van der Waals surface area (Å²) in [5.74, 6) is 0.